The average molecular weight is 265 g/mol. The van der Waals surface area contributed by atoms with Gasteiger partial charge in [0.25, 0.3) is 0 Å². The number of rotatable bonds is 6. The minimum absolute atomic E-state index is 0.471. The number of hydrogen-bond donors (Lipinski definition) is 0. The van der Waals surface area contributed by atoms with Gasteiger partial charge in [-0.25, -0.2) is 0 Å². The zero-order valence-corrected chi connectivity index (χ0v) is 12.7. The Morgan fingerprint density at radius 3 is 1.79 bits per heavy atom. The maximum Gasteiger partial charge on any atom is 0.146 e. The molecule has 0 aromatic carbocycles. The highest BCUT2D eigenvalue weighted by atomic mass is 16.1. The van der Waals surface area contributed by atoms with Crippen molar-refractivity contribution in [3.8, 4) is 0 Å². The van der Waals surface area contributed by atoms with E-state index >= 15 is 0 Å². The van der Waals surface area contributed by atoms with Gasteiger partial charge >= 0.3 is 0 Å². The topological polar surface area (TPSA) is 20.3 Å². The van der Waals surface area contributed by atoms with E-state index in [0.29, 0.717) is 17.9 Å². The number of carbonyl (C=O) groups is 1. The smallest absolute Gasteiger partial charge is 0.146 e. The first-order valence-corrected chi connectivity index (χ1v) is 8.58. The Balaban J connectivity index is 1.96. The molecule has 0 atom stereocenters. The second kappa shape index (κ2) is 8.04. The van der Waals surface area contributed by atoms with Crippen LogP contribution < -0.4 is 0 Å². The Labute approximate surface area is 118 Å². The Kier molecular flexibility index (Phi) is 6.36. The molecule has 2 nitrogen and oxygen atoms in total. The van der Waals surface area contributed by atoms with Crippen LogP contribution in [0.25, 0.3) is 0 Å². The Hall–Kier alpha value is -0.370. The van der Waals surface area contributed by atoms with Gasteiger partial charge in [-0.15, -0.1) is 0 Å². The van der Waals surface area contributed by atoms with Crippen LogP contribution in [0.5, 0.6) is 0 Å². The van der Waals surface area contributed by atoms with Gasteiger partial charge in [0.15, 0.2) is 0 Å². The first-order valence-electron chi connectivity index (χ1n) is 8.58. The lowest BCUT2D eigenvalue weighted by Crippen LogP contribution is -2.47. The van der Waals surface area contributed by atoms with Crippen LogP contribution in [0.1, 0.15) is 84.0 Å². The van der Waals surface area contributed by atoms with Crippen molar-refractivity contribution in [1.29, 1.82) is 0 Å². The third-order valence-corrected chi connectivity index (χ3v) is 4.98. The van der Waals surface area contributed by atoms with Gasteiger partial charge in [-0.1, -0.05) is 45.4 Å². The molecule has 19 heavy (non-hydrogen) atoms. The summed E-state index contributed by atoms with van der Waals surface area (Å²) in [5.74, 6) is 0.471. The molecule has 0 amide bonds. The van der Waals surface area contributed by atoms with Crippen LogP contribution in [-0.4, -0.2) is 29.3 Å². The lowest BCUT2D eigenvalue weighted by Gasteiger charge is -2.41. The highest BCUT2D eigenvalue weighted by Gasteiger charge is 2.29. The summed E-state index contributed by atoms with van der Waals surface area (Å²) in [5.41, 5.74) is 0. The van der Waals surface area contributed by atoms with Crippen molar-refractivity contribution < 1.29 is 4.79 Å². The van der Waals surface area contributed by atoms with Crippen LogP contribution in [0.4, 0.5) is 0 Å². The van der Waals surface area contributed by atoms with Crippen molar-refractivity contribution in [2.75, 3.05) is 6.54 Å². The van der Waals surface area contributed by atoms with Crippen LogP contribution in [-0.2, 0) is 4.79 Å². The first-order chi connectivity index (χ1) is 9.31. The van der Waals surface area contributed by atoms with E-state index in [1.165, 1.54) is 64.2 Å². The van der Waals surface area contributed by atoms with E-state index in [4.69, 9.17) is 0 Å². The van der Waals surface area contributed by atoms with Gasteiger partial charge in [-0.3, -0.25) is 9.69 Å². The van der Waals surface area contributed by atoms with Crippen molar-refractivity contribution in [2.24, 2.45) is 0 Å². The third kappa shape index (κ3) is 4.59. The Morgan fingerprint density at radius 1 is 0.895 bits per heavy atom. The fraction of sp³-hybridized carbons (Fsp3) is 0.941. The highest BCUT2D eigenvalue weighted by molar-refractivity contribution is 5.80. The second-order valence-electron chi connectivity index (χ2n) is 6.54. The number of ketones is 1. The molecule has 0 aromatic heterocycles. The molecule has 0 saturated heterocycles. The Morgan fingerprint density at radius 2 is 1.37 bits per heavy atom. The molecular formula is C17H31NO. The Bertz CT molecular complexity index is 246. The maximum absolute atomic E-state index is 12.1. The predicted molar refractivity (Wildman–Crippen MR) is 80.4 cm³/mol. The lowest BCUT2D eigenvalue weighted by molar-refractivity contribution is -0.122. The van der Waals surface area contributed by atoms with E-state index in [2.05, 4.69) is 11.8 Å². The fourth-order valence-corrected chi connectivity index (χ4v) is 3.94. The lowest BCUT2D eigenvalue weighted by atomic mass is 9.88. The second-order valence-corrected chi connectivity index (χ2v) is 6.54. The van der Waals surface area contributed by atoms with Gasteiger partial charge in [-0.2, -0.15) is 0 Å². The summed E-state index contributed by atoms with van der Waals surface area (Å²) in [6, 6.07) is 1.41. The number of hydrogen-bond acceptors (Lipinski definition) is 2. The number of Topliss-reactive ketones (excluding diaryl/α,β-unsaturated/α-hetero) is 1. The maximum atomic E-state index is 12.1. The molecule has 2 aliphatic carbocycles. The van der Waals surface area contributed by atoms with Crippen LogP contribution in [0, 0.1) is 0 Å². The summed E-state index contributed by atoms with van der Waals surface area (Å²) in [4.78, 5) is 14.7. The summed E-state index contributed by atoms with van der Waals surface area (Å²) in [7, 11) is 0. The summed E-state index contributed by atoms with van der Waals surface area (Å²) < 4.78 is 0. The summed E-state index contributed by atoms with van der Waals surface area (Å²) in [6.07, 6.45) is 15.4. The van der Waals surface area contributed by atoms with E-state index in [9.17, 15) is 4.79 Å². The van der Waals surface area contributed by atoms with E-state index in [0.717, 1.165) is 19.4 Å². The number of carbonyl (C=O) groups excluding carboxylic acids is 1. The minimum Gasteiger partial charge on any atom is -0.298 e. The zero-order chi connectivity index (χ0) is 13.5. The quantitative estimate of drug-likeness (QED) is 0.712. The summed E-state index contributed by atoms with van der Waals surface area (Å²) in [5, 5.41) is 0. The molecule has 2 aliphatic rings. The molecule has 0 aliphatic heterocycles. The molecule has 2 heteroatoms. The van der Waals surface area contributed by atoms with Crippen molar-refractivity contribution in [1.82, 2.24) is 4.90 Å². The molecule has 2 saturated carbocycles. The van der Waals surface area contributed by atoms with Crippen LogP contribution >= 0.6 is 0 Å². The van der Waals surface area contributed by atoms with Crippen molar-refractivity contribution in [2.45, 2.75) is 96.1 Å². The molecule has 0 N–H and O–H groups in total. The first kappa shape index (κ1) is 15.0. The molecule has 2 fully saturated rings. The van der Waals surface area contributed by atoms with E-state index in [1.54, 1.807) is 0 Å². The summed E-state index contributed by atoms with van der Waals surface area (Å²) in [6.45, 7) is 2.85. The summed E-state index contributed by atoms with van der Waals surface area (Å²) >= 11 is 0. The molecule has 0 radical (unpaired) electrons. The van der Waals surface area contributed by atoms with Gasteiger partial charge in [0, 0.05) is 18.5 Å². The van der Waals surface area contributed by atoms with Crippen molar-refractivity contribution >= 4 is 5.78 Å². The molecular weight excluding hydrogens is 234 g/mol. The number of nitrogens with zero attached hydrogens (tertiary/aromatic N) is 1. The molecule has 0 heterocycles. The SMILES string of the molecule is CCCC(=O)CN(C1CCCCC1)C1CCCCC1. The molecule has 2 rings (SSSR count). The van der Waals surface area contributed by atoms with Crippen LogP contribution in [0.3, 0.4) is 0 Å². The monoisotopic (exact) mass is 265 g/mol. The van der Waals surface area contributed by atoms with Gasteiger partial charge in [-0.05, 0) is 32.1 Å². The minimum atomic E-state index is 0.471. The van der Waals surface area contributed by atoms with E-state index in [-0.39, 0.29) is 0 Å². The standard InChI is InChI=1S/C17H31NO/c1-2-9-17(19)14-18(15-10-5-3-6-11-15)16-12-7-4-8-13-16/h15-16H,2-14H2,1H3. The van der Waals surface area contributed by atoms with Crippen LogP contribution in [0.2, 0.25) is 0 Å². The van der Waals surface area contributed by atoms with Gasteiger partial charge < -0.3 is 0 Å². The molecule has 0 bridgehead atoms. The van der Waals surface area contributed by atoms with Crippen LogP contribution in [0.15, 0.2) is 0 Å². The predicted octanol–water partition coefficient (Wildman–Crippen LogP) is 4.32. The molecule has 0 aromatic rings. The highest BCUT2D eigenvalue weighted by Crippen LogP contribution is 2.30. The van der Waals surface area contributed by atoms with E-state index in [1.807, 2.05) is 0 Å². The third-order valence-electron chi connectivity index (χ3n) is 4.98. The van der Waals surface area contributed by atoms with Gasteiger partial charge in [0.05, 0.1) is 6.54 Å². The average Bonchev–Trinajstić information content (AvgIpc) is 2.47. The normalized spacial score (nSPS) is 22.8. The van der Waals surface area contributed by atoms with Gasteiger partial charge in [0.1, 0.15) is 5.78 Å². The van der Waals surface area contributed by atoms with Crippen molar-refractivity contribution in [3.05, 3.63) is 0 Å². The molecule has 110 valence electrons. The zero-order valence-electron chi connectivity index (χ0n) is 12.7. The largest absolute Gasteiger partial charge is 0.298 e. The molecule has 0 spiro atoms. The van der Waals surface area contributed by atoms with Gasteiger partial charge in [0.2, 0.25) is 0 Å². The van der Waals surface area contributed by atoms with E-state index < -0.39 is 0 Å². The fourth-order valence-electron chi connectivity index (χ4n) is 3.94. The molecule has 0 unspecified atom stereocenters. The van der Waals surface area contributed by atoms with Crippen molar-refractivity contribution in [3.63, 3.8) is 0 Å².